The molecule has 1 rings (SSSR count). The summed E-state index contributed by atoms with van der Waals surface area (Å²) in [6, 6.07) is 1.11. The first-order valence-electron chi connectivity index (χ1n) is 5.90. The lowest BCUT2D eigenvalue weighted by atomic mass is 9.95. The van der Waals surface area contributed by atoms with Gasteiger partial charge in [0.25, 0.3) is 9.84 Å². The second kappa shape index (κ2) is 5.60. The van der Waals surface area contributed by atoms with Crippen molar-refractivity contribution in [2.45, 2.75) is 30.4 Å². The molecule has 0 aliphatic carbocycles. The molecule has 0 saturated carbocycles. The molecule has 0 aromatic heterocycles. The maximum absolute atomic E-state index is 12.8. The molecule has 0 spiro atoms. The molecule has 0 radical (unpaired) electrons. The number of hydrogen-bond donors (Lipinski definition) is 0. The summed E-state index contributed by atoms with van der Waals surface area (Å²) in [5.74, 6) is -0.370. The van der Waals surface area contributed by atoms with Crippen LogP contribution in [0.25, 0.3) is 5.57 Å². The summed E-state index contributed by atoms with van der Waals surface area (Å²) in [4.78, 5) is -1.45. The average Bonchev–Trinajstić information content (AvgIpc) is 2.34. The largest absolute Gasteiger partial charge is 0.501 e. The molecule has 9 heteroatoms. The predicted molar refractivity (Wildman–Crippen MR) is 68.6 cm³/mol. The fourth-order valence-corrected chi connectivity index (χ4v) is 2.40. The zero-order chi connectivity index (χ0) is 17.5. The molecular formula is C13H12F6O2S. The van der Waals surface area contributed by atoms with Crippen molar-refractivity contribution in [1.29, 1.82) is 0 Å². The maximum Gasteiger partial charge on any atom is 0.501 e. The number of allylic oxidation sites excluding steroid dienone is 1. The normalized spacial score (nSPS) is 13.5. The Morgan fingerprint density at radius 1 is 1.05 bits per heavy atom. The summed E-state index contributed by atoms with van der Waals surface area (Å²) in [7, 11) is -5.88. The van der Waals surface area contributed by atoms with Gasteiger partial charge >= 0.3 is 11.7 Å². The van der Waals surface area contributed by atoms with Gasteiger partial charge < -0.3 is 0 Å². The van der Waals surface area contributed by atoms with Crippen molar-refractivity contribution in [2.75, 3.05) is 0 Å². The molecule has 1 aromatic rings. The van der Waals surface area contributed by atoms with E-state index in [4.69, 9.17) is 0 Å². The SMILES string of the molecule is C=C(c1cc(C(F)(F)F)cc(S(=O)(=O)C(F)(F)F)c1)C(C)C. The van der Waals surface area contributed by atoms with Crippen molar-refractivity contribution in [1.82, 2.24) is 0 Å². The zero-order valence-electron chi connectivity index (χ0n) is 11.5. The number of benzene rings is 1. The van der Waals surface area contributed by atoms with Gasteiger partial charge in [0.1, 0.15) is 0 Å². The summed E-state index contributed by atoms with van der Waals surface area (Å²) < 4.78 is 98.7. The molecule has 0 N–H and O–H groups in total. The van der Waals surface area contributed by atoms with E-state index >= 15 is 0 Å². The molecule has 124 valence electrons. The zero-order valence-corrected chi connectivity index (χ0v) is 12.3. The smallest absolute Gasteiger partial charge is 0.214 e. The van der Waals surface area contributed by atoms with Crippen LogP contribution in [-0.2, 0) is 16.0 Å². The Hall–Kier alpha value is -1.51. The van der Waals surface area contributed by atoms with Gasteiger partial charge in [0.05, 0.1) is 10.5 Å². The first kappa shape index (κ1) is 18.5. The highest BCUT2D eigenvalue weighted by molar-refractivity contribution is 7.92. The van der Waals surface area contributed by atoms with E-state index < -0.39 is 32.0 Å². The van der Waals surface area contributed by atoms with E-state index in [9.17, 15) is 34.8 Å². The molecule has 0 bridgehead atoms. The Kier molecular flexibility index (Phi) is 4.72. The van der Waals surface area contributed by atoms with E-state index in [1.807, 2.05) is 0 Å². The fourth-order valence-electron chi connectivity index (χ4n) is 1.57. The van der Waals surface area contributed by atoms with Gasteiger partial charge in [0.15, 0.2) is 0 Å². The van der Waals surface area contributed by atoms with Gasteiger partial charge in [0.2, 0.25) is 0 Å². The van der Waals surface area contributed by atoms with Crippen LogP contribution in [0.2, 0.25) is 0 Å². The molecule has 1 aromatic carbocycles. The molecule has 0 saturated heterocycles. The average molecular weight is 346 g/mol. The van der Waals surface area contributed by atoms with E-state index in [-0.39, 0.29) is 23.1 Å². The molecule has 2 nitrogen and oxygen atoms in total. The van der Waals surface area contributed by atoms with Crippen molar-refractivity contribution in [3.8, 4) is 0 Å². The summed E-state index contributed by atoms with van der Waals surface area (Å²) in [6.07, 6.45) is -4.98. The summed E-state index contributed by atoms with van der Waals surface area (Å²) in [5, 5.41) is 0. The third kappa shape index (κ3) is 3.63. The number of alkyl halides is 6. The minimum atomic E-state index is -5.88. The highest BCUT2D eigenvalue weighted by atomic mass is 32.2. The van der Waals surface area contributed by atoms with Gasteiger partial charge in [0, 0.05) is 0 Å². The van der Waals surface area contributed by atoms with Gasteiger partial charge in [-0.15, -0.1) is 0 Å². The first-order valence-corrected chi connectivity index (χ1v) is 7.39. The third-order valence-electron chi connectivity index (χ3n) is 2.92. The lowest BCUT2D eigenvalue weighted by molar-refractivity contribution is -0.137. The Bertz CT molecular complexity index is 683. The van der Waals surface area contributed by atoms with E-state index in [1.54, 1.807) is 13.8 Å². The quantitative estimate of drug-likeness (QED) is 0.746. The number of sulfone groups is 1. The summed E-state index contributed by atoms with van der Waals surface area (Å²) >= 11 is 0. The van der Waals surface area contributed by atoms with Gasteiger partial charge in [-0.25, -0.2) is 8.42 Å². The molecule has 0 aliphatic rings. The molecule has 22 heavy (non-hydrogen) atoms. The van der Waals surface area contributed by atoms with Crippen LogP contribution in [0.3, 0.4) is 0 Å². The van der Waals surface area contributed by atoms with E-state index in [0.717, 1.165) is 0 Å². The van der Waals surface area contributed by atoms with Crippen LogP contribution in [0.1, 0.15) is 25.0 Å². The van der Waals surface area contributed by atoms with Gasteiger partial charge in [-0.05, 0) is 35.3 Å². The van der Waals surface area contributed by atoms with Crippen LogP contribution in [0.4, 0.5) is 26.3 Å². The van der Waals surface area contributed by atoms with Gasteiger partial charge in [-0.2, -0.15) is 26.3 Å². The van der Waals surface area contributed by atoms with Crippen molar-refractivity contribution in [2.24, 2.45) is 5.92 Å². The molecule has 0 atom stereocenters. The fraction of sp³-hybridized carbons (Fsp3) is 0.385. The van der Waals surface area contributed by atoms with Crippen molar-refractivity contribution >= 4 is 15.4 Å². The van der Waals surface area contributed by atoms with Crippen LogP contribution in [0.15, 0.2) is 29.7 Å². The van der Waals surface area contributed by atoms with E-state index in [0.29, 0.717) is 12.1 Å². The van der Waals surface area contributed by atoms with Crippen LogP contribution >= 0.6 is 0 Å². The Morgan fingerprint density at radius 2 is 1.55 bits per heavy atom. The van der Waals surface area contributed by atoms with Crippen LogP contribution in [-0.4, -0.2) is 13.9 Å². The minimum absolute atomic E-state index is 0.0278. The molecule has 0 heterocycles. The number of halogens is 6. The monoisotopic (exact) mass is 346 g/mol. The molecule has 0 aliphatic heterocycles. The van der Waals surface area contributed by atoms with Crippen LogP contribution in [0, 0.1) is 5.92 Å². The van der Waals surface area contributed by atoms with Crippen LogP contribution < -0.4 is 0 Å². The topological polar surface area (TPSA) is 34.1 Å². The highest BCUT2D eigenvalue weighted by Crippen LogP contribution is 2.37. The second-order valence-electron chi connectivity index (χ2n) is 4.87. The highest BCUT2D eigenvalue weighted by Gasteiger charge is 2.47. The standard InChI is InChI=1S/C13H12F6O2S/c1-7(2)8(3)9-4-10(12(14,15)16)6-11(5-9)22(20,21)13(17,18)19/h4-7H,3H2,1-2H3. The molecule has 0 unspecified atom stereocenters. The van der Waals surface area contributed by atoms with Gasteiger partial charge in [-0.1, -0.05) is 20.4 Å². The first-order chi connectivity index (χ1) is 9.68. The molecule has 0 fully saturated rings. The maximum atomic E-state index is 12.8. The lowest BCUT2D eigenvalue weighted by Crippen LogP contribution is -2.24. The predicted octanol–water partition coefficient (Wildman–Crippen LogP) is 4.67. The van der Waals surface area contributed by atoms with Gasteiger partial charge in [-0.3, -0.25) is 0 Å². The Morgan fingerprint density at radius 3 is 1.91 bits per heavy atom. The Balaban J connectivity index is 3.68. The number of hydrogen-bond acceptors (Lipinski definition) is 2. The van der Waals surface area contributed by atoms with Crippen LogP contribution in [0.5, 0.6) is 0 Å². The third-order valence-corrected chi connectivity index (χ3v) is 4.38. The van der Waals surface area contributed by atoms with Crippen molar-refractivity contribution in [3.63, 3.8) is 0 Å². The van der Waals surface area contributed by atoms with Crippen molar-refractivity contribution in [3.05, 3.63) is 35.9 Å². The minimum Gasteiger partial charge on any atom is -0.214 e. The lowest BCUT2D eigenvalue weighted by Gasteiger charge is -2.16. The summed E-state index contributed by atoms with van der Waals surface area (Å²) in [5.41, 5.74) is -7.36. The molecular weight excluding hydrogens is 334 g/mol. The van der Waals surface area contributed by atoms with E-state index in [1.165, 1.54) is 0 Å². The number of rotatable bonds is 3. The molecule has 0 amide bonds. The Labute approximate surface area is 123 Å². The second-order valence-corrected chi connectivity index (χ2v) is 6.81. The summed E-state index contributed by atoms with van der Waals surface area (Å²) in [6.45, 7) is 6.63. The van der Waals surface area contributed by atoms with E-state index in [2.05, 4.69) is 6.58 Å². The van der Waals surface area contributed by atoms with Crippen molar-refractivity contribution < 1.29 is 34.8 Å².